The van der Waals surface area contributed by atoms with E-state index in [2.05, 4.69) is 19.9 Å². The maximum atomic E-state index is 12.3. The Hall–Kier alpha value is -0.830. The summed E-state index contributed by atoms with van der Waals surface area (Å²) < 4.78 is 11.2. The quantitative estimate of drug-likeness (QED) is 0.428. The second-order valence-electron chi connectivity index (χ2n) is 6.51. The first-order valence-electron chi connectivity index (χ1n) is 6.90. The van der Waals surface area contributed by atoms with E-state index < -0.39 is 5.79 Å². The molecule has 0 N–H and O–H groups in total. The fourth-order valence-corrected chi connectivity index (χ4v) is 2.73. The molecule has 2 rings (SSSR count). The van der Waals surface area contributed by atoms with E-state index in [0.29, 0.717) is 18.4 Å². The van der Waals surface area contributed by atoms with E-state index in [1.807, 2.05) is 19.9 Å². The minimum Gasteiger partial charge on any atom is -0.433 e. The summed E-state index contributed by atoms with van der Waals surface area (Å²) >= 11 is 0. The number of rotatable bonds is 5. The molecule has 3 nitrogen and oxygen atoms in total. The van der Waals surface area contributed by atoms with Crippen molar-refractivity contribution in [3.8, 4) is 0 Å². The second kappa shape index (κ2) is 4.69. The van der Waals surface area contributed by atoms with Gasteiger partial charge in [-0.05, 0) is 31.1 Å². The van der Waals surface area contributed by atoms with E-state index in [1.165, 1.54) is 0 Å². The largest absolute Gasteiger partial charge is 0.433 e. The summed E-state index contributed by atoms with van der Waals surface area (Å²) in [7, 11) is 0. The molecule has 0 radical (unpaired) electrons. The lowest BCUT2D eigenvalue weighted by Crippen LogP contribution is -2.38. The van der Waals surface area contributed by atoms with Crippen molar-refractivity contribution in [3.63, 3.8) is 0 Å². The molecule has 0 saturated heterocycles. The van der Waals surface area contributed by atoms with Crippen LogP contribution in [0.4, 0.5) is 0 Å². The molecule has 2 bridgehead atoms. The summed E-state index contributed by atoms with van der Waals surface area (Å²) in [6.07, 6.45) is 7.16. The van der Waals surface area contributed by atoms with Crippen molar-refractivity contribution in [2.45, 2.75) is 52.7 Å². The highest BCUT2D eigenvalue weighted by Crippen LogP contribution is 2.50. The molecule has 0 spiro atoms. The Morgan fingerprint density at radius 3 is 2.67 bits per heavy atom. The van der Waals surface area contributed by atoms with Crippen LogP contribution < -0.4 is 0 Å². The van der Waals surface area contributed by atoms with Gasteiger partial charge in [0.1, 0.15) is 0 Å². The molecule has 102 valence electrons. The Balaban J connectivity index is 1.92. The molecule has 2 unspecified atom stereocenters. The fourth-order valence-electron chi connectivity index (χ4n) is 2.73. The standard InChI is InChI=1S/C15H24O3/c1-11(2)10-17-14(3,4)18-13(16)15-7-5-12(9-15)6-8-15/h5,7,11-12H,6,8-10H2,1-4H3. The van der Waals surface area contributed by atoms with Gasteiger partial charge >= 0.3 is 5.97 Å². The lowest BCUT2D eigenvalue weighted by atomic mass is 9.88. The summed E-state index contributed by atoms with van der Waals surface area (Å²) in [5.74, 6) is 0.0677. The van der Waals surface area contributed by atoms with E-state index in [0.717, 1.165) is 19.3 Å². The van der Waals surface area contributed by atoms with E-state index in [9.17, 15) is 4.79 Å². The SMILES string of the molecule is CC(C)COC(C)(C)OC(=O)C12C=CC(CC1)C2. The monoisotopic (exact) mass is 252 g/mol. The van der Waals surface area contributed by atoms with Gasteiger partial charge in [0.25, 0.3) is 0 Å². The Morgan fingerprint density at radius 2 is 2.22 bits per heavy atom. The molecule has 0 aromatic rings. The van der Waals surface area contributed by atoms with Crippen molar-refractivity contribution in [2.75, 3.05) is 6.61 Å². The lowest BCUT2D eigenvalue weighted by molar-refractivity contribution is -0.225. The van der Waals surface area contributed by atoms with Crippen LogP contribution in [0.1, 0.15) is 47.0 Å². The summed E-state index contributed by atoms with van der Waals surface area (Å²) in [5.41, 5.74) is -0.358. The molecule has 0 aromatic carbocycles. The number of hydrogen-bond donors (Lipinski definition) is 0. The van der Waals surface area contributed by atoms with Crippen LogP contribution in [0.5, 0.6) is 0 Å². The Labute approximate surface area is 110 Å². The molecule has 0 amide bonds. The second-order valence-corrected chi connectivity index (χ2v) is 6.51. The minimum atomic E-state index is -0.829. The molecule has 0 aliphatic heterocycles. The van der Waals surface area contributed by atoms with Crippen LogP contribution in [-0.2, 0) is 14.3 Å². The average molecular weight is 252 g/mol. The van der Waals surface area contributed by atoms with Crippen LogP contribution in [0, 0.1) is 17.3 Å². The summed E-state index contributed by atoms with van der Waals surface area (Å²) in [4.78, 5) is 12.3. The van der Waals surface area contributed by atoms with Gasteiger partial charge in [-0.3, -0.25) is 4.79 Å². The van der Waals surface area contributed by atoms with Crippen LogP contribution in [0.3, 0.4) is 0 Å². The van der Waals surface area contributed by atoms with E-state index in [1.54, 1.807) is 0 Å². The molecule has 2 aliphatic carbocycles. The van der Waals surface area contributed by atoms with Gasteiger partial charge < -0.3 is 9.47 Å². The number of carbonyl (C=O) groups excluding carboxylic acids is 1. The van der Waals surface area contributed by atoms with Crippen molar-refractivity contribution in [1.29, 1.82) is 0 Å². The van der Waals surface area contributed by atoms with Gasteiger partial charge in [-0.25, -0.2) is 0 Å². The van der Waals surface area contributed by atoms with Gasteiger partial charge in [-0.15, -0.1) is 0 Å². The zero-order valence-corrected chi connectivity index (χ0v) is 11.9. The average Bonchev–Trinajstić information content (AvgIpc) is 2.87. The third-order valence-corrected chi connectivity index (χ3v) is 3.78. The summed E-state index contributed by atoms with van der Waals surface area (Å²) in [5, 5.41) is 0. The Bertz CT molecular complexity index is 357. The summed E-state index contributed by atoms with van der Waals surface area (Å²) in [6.45, 7) is 8.39. The zero-order chi connectivity index (χ0) is 13.4. The molecule has 0 heterocycles. The molecule has 2 aliphatic rings. The predicted molar refractivity (Wildman–Crippen MR) is 69.9 cm³/mol. The minimum absolute atomic E-state index is 0.118. The van der Waals surface area contributed by atoms with Gasteiger partial charge in [0.05, 0.1) is 12.0 Å². The number of esters is 1. The number of allylic oxidation sites excluding steroid dienone is 1. The van der Waals surface area contributed by atoms with Crippen LogP contribution in [0.2, 0.25) is 0 Å². The maximum absolute atomic E-state index is 12.3. The first-order chi connectivity index (χ1) is 8.33. The molecular weight excluding hydrogens is 228 g/mol. The van der Waals surface area contributed by atoms with Crippen LogP contribution in [-0.4, -0.2) is 18.4 Å². The number of fused-ring (bicyclic) bond motifs is 2. The van der Waals surface area contributed by atoms with Crippen molar-refractivity contribution < 1.29 is 14.3 Å². The zero-order valence-electron chi connectivity index (χ0n) is 11.9. The molecule has 1 fully saturated rings. The van der Waals surface area contributed by atoms with E-state index in [-0.39, 0.29) is 11.4 Å². The first-order valence-corrected chi connectivity index (χ1v) is 6.90. The van der Waals surface area contributed by atoms with Crippen molar-refractivity contribution in [3.05, 3.63) is 12.2 Å². The van der Waals surface area contributed by atoms with E-state index in [4.69, 9.17) is 9.47 Å². The highest BCUT2D eigenvalue weighted by Gasteiger charge is 2.49. The highest BCUT2D eigenvalue weighted by atomic mass is 16.7. The fraction of sp³-hybridized carbons (Fsp3) is 0.800. The summed E-state index contributed by atoms with van der Waals surface area (Å²) in [6, 6.07) is 0. The molecular formula is C15H24O3. The van der Waals surface area contributed by atoms with Crippen LogP contribution in [0.25, 0.3) is 0 Å². The Morgan fingerprint density at radius 1 is 1.50 bits per heavy atom. The smallest absolute Gasteiger partial charge is 0.318 e. The maximum Gasteiger partial charge on any atom is 0.318 e. The van der Waals surface area contributed by atoms with Crippen molar-refractivity contribution in [2.24, 2.45) is 17.3 Å². The number of carbonyl (C=O) groups is 1. The first kappa shape index (κ1) is 13.6. The molecule has 18 heavy (non-hydrogen) atoms. The Kier molecular flexibility index (Phi) is 3.54. The van der Waals surface area contributed by atoms with Crippen LogP contribution >= 0.6 is 0 Å². The van der Waals surface area contributed by atoms with Gasteiger partial charge in [0, 0.05) is 13.8 Å². The molecule has 0 aromatic heterocycles. The van der Waals surface area contributed by atoms with Gasteiger partial charge in [-0.2, -0.15) is 0 Å². The third-order valence-electron chi connectivity index (χ3n) is 3.78. The highest BCUT2D eigenvalue weighted by molar-refractivity contribution is 5.80. The predicted octanol–water partition coefficient (Wildman–Crippen LogP) is 3.29. The molecule has 2 atom stereocenters. The van der Waals surface area contributed by atoms with E-state index >= 15 is 0 Å². The van der Waals surface area contributed by atoms with Gasteiger partial charge in [-0.1, -0.05) is 26.0 Å². The lowest BCUT2D eigenvalue weighted by Gasteiger charge is -2.31. The molecule has 3 heteroatoms. The van der Waals surface area contributed by atoms with Gasteiger partial charge in [0.15, 0.2) is 0 Å². The van der Waals surface area contributed by atoms with Gasteiger partial charge in [0.2, 0.25) is 5.79 Å². The number of hydrogen-bond acceptors (Lipinski definition) is 3. The topological polar surface area (TPSA) is 35.5 Å². The normalized spacial score (nSPS) is 30.2. The number of ether oxygens (including phenoxy) is 2. The van der Waals surface area contributed by atoms with Crippen LogP contribution in [0.15, 0.2) is 12.2 Å². The molecule has 1 saturated carbocycles. The van der Waals surface area contributed by atoms with Crippen molar-refractivity contribution >= 4 is 5.97 Å². The van der Waals surface area contributed by atoms with Crippen molar-refractivity contribution in [1.82, 2.24) is 0 Å². The third kappa shape index (κ3) is 2.77.